The summed E-state index contributed by atoms with van der Waals surface area (Å²) in [6, 6.07) is 11.3. The third-order valence-electron chi connectivity index (χ3n) is 5.09. The average molecular weight is 405 g/mol. The van der Waals surface area contributed by atoms with Crippen molar-refractivity contribution in [1.29, 1.82) is 0 Å². The van der Waals surface area contributed by atoms with E-state index >= 15 is 0 Å². The highest BCUT2D eigenvalue weighted by Gasteiger charge is 2.37. The molecule has 2 aromatic carbocycles. The maximum atomic E-state index is 13.3. The van der Waals surface area contributed by atoms with E-state index in [0.717, 1.165) is 4.90 Å². The van der Waals surface area contributed by atoms with Gasteiger partial charge in [0.05, 0.1) is 23.4 Å². The molecule has 0 radical (unpaired) electrons. The fourth-order valence-electron chi connectivity index (χ4n) is 3.60. The summed E-state index contributed by atoms with van der Waals surface area (Å²) in [6.45, 7) is 3.67. The van der Waals surface area contributed by atoms with Crippen LogP contribution in [0.1, 0.15) is 31.1 Å². The molecule has 30 heavy (non-hydrogen) atoms. The fourth-order valence-corrected chi connectivity index (χ4v) is 3.60. The number of hydrogen-bond acceptors (Lipinski definition) is 5. The highest BCUT2D eigenvalue weighted by atomic mass is 16.5. The maximum absolute atomic E-state index is 13.3. The zero-order valence-corrected chi connectivity index (χ0v) is 16.3. The van der Waals surface area contributed by atoms with Crippen LogP contribution in [0, 0.1) is 0 Å². The Hall–Kier alpha value is -3.94. The van der Waals surface area contributed by atoms with E-state index in [-0.39, 0.29) is 35.7 Å². The number of likely N-dealkylation sites (N-methyl/N-ethyl adjacent to an activating group) is 1. The number of para-hydroxylation sites is 2. The lowest BCUT2D eigenvalue weighted by Crippen LogP contribution is -2.50. The third kappa shape index (κ3) is 3.02. The summed E-state index contributed by atoms with van der Waals surface area (Å²) in [4.78, 5) is 53.0. The Morgan fingerprint density at radius 1 is 1.17 bits per heavy atom. The van der Waals surface area contributed by atoms with Crippen LogP contribution in [-0.4, -0.2) is 54.8 Å². The number of ether oxygens (including phenoxy) is 1. The summed E-state index contributed by atoms with van der Waals surface area (Å²) in [6.07, 6.45) is 0.603. The number of hydrogen-bond donors (Lipinski definition) is 1. The number of imide groups is 1. The first-order valence-electron chi connectivity index (χ1n) is 9.36. The van der Waals surface area contributed by atoms with Crippen molar-refractivity contribution >= 4 is 29.3 Å². The molecule has 0 unspecified atom stereocenters. The van der Waals surface area contributed by atoms with Crippen LogP contribution < -0.4 is 15.0 Å². The van der Waals surface area contributed by atoms with Crippen LogP contribution in [0.15, 0.2) is 55.1 Å². The molecule has 152 valence electrons. The first kappa shape index (κ1) is 19.4. The summed E-state index contributed by atoms with van der Waals surface area (Å²) in [5, 5.41) is 2.53. The van der Waals surface area contributed by atoms with Crippen molar-refractivity contribution in [3.05, 3.63) is 71.8 Å². The molecule has 0 bridgehead atoms. The van der Waals surface area contributed by atoms with Gasteiger partial charge in [-0.15, -0.1) is 6.58 Å². The van der Waals surface area contributed by atoms with E-state index in [1.165, 1.54) is 36.2 Å². The fraction of sp³-hybridized carbons (Fsp3) is 0.182. The zero-order chi connectivity index (χ0) is 21.4. The Morgan fingerprint density at radius 2 is 1.90 bits per heavy atom. The summed E-state index contributed by atoms with van der Waals surface area (Å²) in [7, 11) is 1.50. The van der Waals surface area contributed by atoms with Gasteiger partial charge in [-0.3, -0.25) is 24.1 Å². The first-order chi connectivity index (χ1) is 14.5. The smallest absolute Gasteiger partial charge is 0.262 e. The molecule has 1 N–H and O–H groups in total. The molecule has 8 heteroatoms. The SMILES string of the molecule is C=CCN1C(=O)c2ccc(C(=O)N3C[C@@H](C(=O)NC)Oc4ccccc43)cc2C1=O. The number of nitrogens with zero attached hydrogens (tertiary/aromatic N) is 2. The standard InChI is InChI=1S/C22H19N3O5/c1-3-10-24-21(28)14-9-8-13(11-15(14)22(24)29)20(27)25-12-18(19(26)23-2)30-17-7-5-4-6-16(17)25/h3-9,11,18H,1,10,12H2,2H3,(H,23,26)/t18-/m0/s1. The Balaban J connectivity index is 1.70. The van der Waals surface area contributed by atoms with Crippen LogP contribution in [-0.2, 0) is 4.79 Å². The molecule has 2 aliphatic rings. The predicted molar refractivity (Wildman–Crippen MR) is 109 cm³/mol. The molecule has 0 fully saturated rings. The van der Waals surface area contributed by atoms with Crippen LogP contribution in [0.5, 0.6) is 5.75 Å². The second kappa shape index (κ2) is 7.47. The molecular formula is C22H19N3O5. The third-order valence-corrected chi connectivity index (χ3v) is 5.09. The van der Waals surface area contributed by atoms with Crippen molar-refractivity contribution in [2.24, 2.45) is 0 Å². The summed E-state index contributed by atoms with van der Waals surface area (Å²) < 4.78 is 5.73. The number of carbonyl (C=O) groups is 4. The van der Waals surface area contributed by atoms with Crippen LogP contribution >= 0.6 is 0 Å². The second-order valence-corrected chi connectivity index (χ2v) is 6.87. The Kier molecular flexibility index (Phi) is 4.83. The maximum Gasteiger partial charge on any atom is 0.262 e. The molecule has 0 aliphatic carbocycles. The van der Waals surface area contributed by atoms with Crippen molar-refractivity contribution in [3.8, 4) is 5.75 Å². The van der Waals surface area contributed by atoms with Gasteiger partial charge in [0.25, 0.3) is 23.6 Å². The van der Waals surface area contributed by atoms with Crippen LogP contribution in [0.4, 0.5) is 5.69 Å². The zero-order valence-electron chi connectivity index (χ0n) is 16.3. The average Bonchev–Trinajstić information content (AvgIpc) is 3.01. The van der Waals surface area contributed by atoms with Gasteiger partial charge < -0.3 is 15.0 Å². The van der Waals surface area contributed by atoms with Crippen LogP contribution in [0.3, 0.4) is 0 Å². The predicted octanol–water partition coefficient (Wildman–Crippen LogP) is 1.62. The number of anilines is 1. The van der Waals surface area contributed by atoms with E-state index in [2.05, 4.69) is 11.9 Å². The van der Waals surface area contributed by atoms with E-state index in [4.69, 9.17) is 4.74 Å². The van der Waals surface area contributed by atoms with Crippen LogP contribution in [0.25, 0.3) is 0 Å². The van der Waals surface area contributed by atoms with Crippen molar-refractivity contribution in [1.82, 2.24) is 10.2 Å². The molecule has 4 rings (SSSR count). The first-order valence-corrected chi connectivity index (χ1v) is 9.36. The van der Waals surface area contributed by atoms with Gasteiger partial charge in [-0.05, 0) is 30.3 Å². The number of rotatable bonds is 4. The largest absolute Gasteiger partial charge is 0.477 e. The highest BCUT2D eigenvalue weighted by Crippen LogP contribution is 2.34. The van der Waals surface area contributed by atoms with Crippen molar-refractivity contribution in [3.63, 3.8) is 0 Å². The molecule has 1 atom stereocenters. The van der Waals surface area contributed by atoms with Gasteiger partial charge >= 0.3 is 0 Å². The number of amides is 4. The number of benzene rings is 2. The van der Waals surface area contributed by atoms with Gasteiger partial charge in [-0.2, -0.15) is 0 Å². The molecule has 0 aromatic heterocycles. The quantitative estimate of drug-likeness (QED) is 0.616. The molecule has 8 nitrogen and oxygen atoms in total. The lowest BCUT2D eigenvalue weighted by molar-refractivity contribution is -0.127. The summed E-state index contributed by atoms with van der Waals surface area (Å²) in [5.74, 6) is -1.21. The van der Waals surface area contributed by atoms with E-state index < -0.39 is 23.8 Å². The van der Waals surface area contributed by atoms with Crippen molar-refractivity contribution in [2.75, 3.05) is 25.0 Å². The van der Waals surface area contributed by atoms with Gasteiger partial charge in [-0.25, -0.2) is 0 Å². The number of carbonyl (C=O) groups excluding carboxylic acids is 4. The van der Waals surface area contributed by atoms with Crippen molar-refractivity contribution in [2.45, 2.75) is 6.10 Å². The van der Waals surface area contributed by atoms with Gasteiger partial charge in [0.1, 0.15) is 5.75 Å². The number of fused-ring (bicyclic) bond motifs is 2. The summed E-state index contributed by atoms with van der Waals surface area (Å²) >= 11 is 0. The minimum absolute atomic E-state index is 0.0159. The molecule has 0 spiro atoms. The lowest BCUT2D eigenvalue weighted by Gasteiger charge is -2.34. The van der Waals surface area contributed by atoms with Crippen LogP contribution in [0.2, 0.25) is 0 Å². The van der Waals surface area contributed by atoms with Gasteiger partial charge in [0, 0.05) is 19.2 Å². The minimum atomic E-state index is -0.866. The monoisotopic (exact) mass is 405 g/mol. The summed E-state index contributed by atoms with van der Waals surface area (Å²) in [5.41, 5.74) is 1.20. The Morgan fingerprint density at radius 3 is 2.63 bits per heavy atom. The molecule has 0 saturated heterocycles. The Bertz CT molecular complexity index is 1090. The lowest BCUT2D eigenvalue weighted by atomic mass is 10.0. The van der Waals surface area contributed by atoms with Crippen molar-refractivity contribution < 1.29 is 23.9 Å². The van der Waals surface area contributed by atoms with E-state index in [9.17, 15) is 19.2 Å². The van der Waals surface area contributed by atoms with E-state index in [0.29, 0.717) is 11.4 Å². The second-order valence-electron chi connectivity index (χ2n) is 6.87. The topological polar surface area (TPSA) is 96.0 Å². The molecule has 2 heterocycles. The highest BCUT2D eigenvalue weighted by molar-refractivity contribution is 6.22. The minimum Gasteiger partial charge on any atom is -0.477 e. The molecule has 0 saturated carbocycles. The van der Waals surface area contributed by atoms with Gasteiger partial charge in [0.15, 0.2) is 6.10 Å². The normalized spacial score (nSPS) is 17.2. The van der Waals surface area contributed by atoms with Gasteiger partial charge in [-0.1, -0.05) is 18.2 Å². The molecule has 4 amide bonds. The molecular weight excluding hydrogens is 386 g/mol. The molecule has 2 aromatic rings. The Labute approximate surface area is 172 Å². The van der Waals surface area contributed by atoms with E-state index in [1.807, 2.05) is 0 Å². The molecule has 2 aliphatic heterocycles. The van der Waals surface area contributed by atoms with E-state index in [1.54, 1.807) is 24.3 Å². The number of nitrogens with one attached hydrogen (secondary N) is 1. The van der Waals surface area contributed by atoms with Gasteiger partial charge in [0.2, 0.25) is 0 Å².